The minimum absolute atomic E-state index is 0.546. The second-order valence-electron chi connectivity index (χ2n) is 7.41. The minimum atomic E-state index is 0.546. The zero-order valence-electron chi connectivity index (χ0n) is 19.3. The molecule has 0 heterocycles. The van der Waals surface area contributed by atoms with E-state index in [4.69, 9.17) is 0 Å². The number of hydrogen-bond donors (Lipinski definition) is 0. The van der Waals surface area contributed by atoms with E-state index >= 15 is 0 Å². The van der Waals surface area contributed by atoms with Crippen LogP contribution in [0.1, 0.15) is 43.7 Å². The van der Waals surface area contributed by atoms with Crippen molar-refractivity contribution in [2.45, 2.75) is 0 Å². The van der Waals surface area contributed by atoms with Crippen LogP contribution in [0.25, 0.3) is 0 Å². The standard InChI is InChI=1S/C35H18O/c36-28-35-25-13-12-23-33(35)22-10-8-19-31-17-5-4-16-30(31)18-6-7-20-32-21-9-11-24-34(32)27-26-29-14-2-1-3-15-29/h1-5,9,11-17,21,23-25,28H. The molecule has 4 aromatic carbocycles. The molecule has 0 spiro atoms. The second-order valence-corrected chi connectivity index (χ2v) is 7.41. The van der Waals surface area contributed by atoms with Crippen LogP contribution in [0, 0.1) is 59.2 Å². The SMILES string of the molecule is O=Cc1ccccc1C#CC#Cc1ccccc1C#CC#Cc1ccccc1C#Cc1ccccc1. The fourth-order valence-corrected chi connectivity index (χ4v) is 3.17. The lowest BCUT2D eigenvalue weighted by molar-refractivity contribution is 0.112. The van der Waals surface area contributed by atoms with Gasteiger partial charge in [0.15, 0.2) is 6.29 Å². The van der Waals surface area contributed by atoms with Crippen molar-refractivity contribution in [2.75, 3.05) is 0 Å². The number of benzene rings is 4. The van der Waals surface area contributed by atoms with Crippen LogP contribution in [0.2, 0.25) is 0 Å². The first kappa shape index (κ1) is 23.5. The summed E-state index contributed by atoms with van der Waals surface area (Å²) in [4.78, 5) is 11.1. The molecule has 0 aliphatic carbocycles. The summed E-state index contributed by atoms with van der Waals surface area (Å²) in [6.07, 6.45) is 0.789. The molecule has 4 aromatic rings. The largest absolute Gasteiger partial charge is 0.298 e. The Morgan fingerprint density at radius 3 is 1.28 bits per heavy atom. The molecule has 0 atom stereocenters. The number of carbonyl (C=O) groups is 1. The summed E-state index contributed by atoms with van der Waals surface area (Å²) < 4.78 is 0. The fourth-order valence-electron chi connectivity index (χ4n) is 3.17. The predicted molar refractivity (Wildman–Crippen MR) is 145 cm³/mol. The Balaban J connectivity index is 1.53. The zero-order chi connectivity index (χ0) is 24.8. The number of carbonyl (C=O) groups excluding carboxylic acids is 1. The van der Waals surface area contributed by atoms with Gasteiger partial charge in [-0.25, -0.2) is 0 Å². The van der Waals surface area contributed by atoms with Crippen LogP contribution in [-0.2, 0) is 0 Å². The second kappa shape index (κ2) is 12.6. The van der Waals surface area contributed by atoms with E-state index in [1.807, 2.05) is 84.9 Å². The van der Waals surface area contributed by atoms with Crippen molar-refractivity contribution in [3.05, 3.63) is 142 Å². The first-order valence-electron chi connectivity index (χ1n) is 11.2. The zero-order valence-corrected chi connectivity index (χ0v) is 19.3. The van der Waals surface area contributed by atoms with Crippen molar-refractivity contribution in [3.63, 3.8) is 0 Å². The number of hydrogen-bond acceptors (Lipinski definition) is 1. The maximum absolute atomic E-state index is 11.1. The molecule has 0 aromatic heterocycles. The number of aldehydes is 1. The summed E-state index contributed by atoms with van der Waals surface area (Å²) in [5, 5.41) is 0. The molecule has 0 saturated heterocycles. The van der Waals surface area contributed by atoms with Crippen LogP contribution >= 0.6 is 0 Å². The van der Waals surface area contributed by atoms with Gasteiger partial charge in [0.1, 0.15) is 0 Å². The van der Waals surface area contributed by atoms with Crippen LogP contribution < -0.4 is 0 Å². The summed E-state index contributed by atoms with van der Waals surface area (Å²) in [5.74, 6) is 30.0. The average Bonchev–Trinajstić information content (AvgIpc) is 2.94. The van der Waals surface area contributed by atoms with Crippen LogP contribution in [0.5, 0.6) is 0 Å². The van der Waals surface area contributed by atoms with Gasteiger partial charge in [-0.15, -0.1) is 0 Å². The topological polar surface area (TPSA) is 17.1 Å². The summed E-state index contributed by atoms with van der Waals surface area (Å²) in [6, 6.07) is 32.4. The molecule has 0 N–H and O–H groups in total. The van der Waals surface area contributed by atoms with E-state index in [0.29, 0.717) is 11.1 Å². The van der Waals surface area contributed by atoms with E-state index in [0.717, 1.165) is 34.1 Å². The maximum atomic E-state index is 11.1. The molecule has 36 heavy (non-hydrogen) atoms. The van der Waals surface area contributed by atoms with Crippen molar-refractivity contribution in [1.29, 1.82) is 0 Å². The third kappa shape index (κ3) is 6.68. The predicted octanol–water partition coefficient (Wildman–Crippen LogP) is 5.71. The van der Waals surface area contributed by atoms with Crippen molar-refractivity contribution >= 4 is 6.29 Å². The van der Waals surface area contributed by atoms with Gasteiger partial charge in [-0.1, -0.05) is 96.2 Å². The molecule has 0 unspecified atom stereocenters. The third-order valence-corrected chi connectivity index (χ3v) is 4.97. The van der Waals surface area contributed by atoms with Crippen LogP contribution in [-0.4, -0.2) is 6.29 Å². The molecule has 0 amide bonds. The van der Waals surface area contributed by atoms with Crippen molar-refractivity contribution < 1.29 is 4.79 Å². The Kier molecular flexibility index (Phi) is 8.20. The van der Waals surface area contributed by atoms with E-state index in [-0.39, 0.29) is 0 Å². The lowest BCUT2D eigenvalue weighted by atomic mass is 10.1. The first-order chi connectivity index (χ1) is 17.8. The van der Waals surface area contributed by atoms with Crippen molar-refractivity contribution in [2.24, 2.45) is 0 Å². The summed E-state index contributed by atoms with van der Waals surface area (Å²) in [7, 11) is 0. The summed E-state index contributed by atoms with van der Waals surface area (Å²) >= 11 is 0. The van der Waals surface area contributed by atoms with Gasteiger partial charge in [-0.2, -0.15) is 0 Å². The Morgan fingerprint density at radius 1 is 0.389 bits per heavy atom. The number of rotatable bonds is 1. The molecule has 1 nitrogen and oxygen atoms in total. The van der Waals surface area contributed by atoms with Gasteiger partial charge in [0.25, 0.3) is 0 Å². The fraction of sp³-hybridized carbons (Fsp3) is 0. The highest BCUT2D eigenvalue weighted by molar-refractivity contribution is 5.79. The smallest absolute Gasteiger partial charge is 0.151 e. The van der Waals surface area contributed by atoms with Gasteiger partial charge >= 0.3 is 0 Å². The molecule has 0 aliphatic rings. The molecule has 1 heteroatoms. The molecule has 164 valence electrons. The first-order valence-corrected chi connectivity index (χ1v) is 11.2. The van der Waals surface area contributed by atoms with Gasteiger partial charge in [0.05, 0.1) is 0 Å². The van der Waals surface area contributed by atoms with E-state index in [2.05, 4.69) is 59.2 Å². The average molecular weight is 455 g/mol. The molecular formula is C35H18O. The van der Waals surface area contributed by atoms with E-state index in [1.165, 1.54) is 0 Å². The molecule has 0 saturated carbocycles. The molecular weight excluding hydrogens is 436 g/mol. The van der Waals surface area contributed by atoms with Crippen LogP contribution in [0.3, 0.4) is 0 Å². The maximum Gasteiger partial charge on any atom is 0.151 e. The van der Waals surface area contributed by atoms with Gasteiger partial charge in [-0.05, 0) is 66.1 Å². The summed E-state index contributed by atoms with van der Waals surface area (Å²) in [6.45, 7) is 0. The monoisotopic (exact) mass is 454 g/mol. The Bertz CT molecular complexity index is 1720. The van der Waals surface area contributed by atoms with Gasteiger partial charge in [0.2, 0.25) is 0 Å². The van der Waals surface area contributed by atoms with Crippen LogP contribution in [0.15, 0.2) is 103 Å². The third-order valence-electron chi connectivity index (χ3n) is 4.97. The highest BCUT2D eigenvalue weighted by Gasteiger charge is 1.96. The van der Waals surface area contributed by atoms with Gasteiger partial charge in [-0.3, -0.25) is 4.79 Å². The normalized spacial score (nSPS) is 8.67. The summed E-state index contributed by atoms with van der Waals surface area (Å²) in [5.41, 5.74) is 5.37. The van der Waals surface area contributed by atoms with E-state index in [1.54, 1.807) is 18.2 Å². The minimum Gasteiger partial charge on any atom is -0.298 e. The van der Waals surface area contributed by atoms with Crippen LogP contribution in [0.4, 0.5) is 0 Å². The molecule has 0 aliphatic heterocycles. The molecule has 0 radical (unpaired) electrons. The van der Waals surface area contributed by atoms with Crippen molar-refractivity contribution in [1.82, 2.24) is 0 Å². The Morgan fingerprint density at radius 2 is 0.778 bits per heavy atom. The Hall–Kier alpha value is -5.65. The van der Waals surface area contributed by atoms with Gasteiger partial charge < -0.3 is 0 Å². The molecule has 0 fully saturated rings. The molecule has 0 bridgehead atoms. The highest BCUT2D eigenvalue weighted by atomic mass is 16.1. The van der Waals surface area contributed by atoms with E-state index in [9.17, 15) is 4.79 Å². The highest BCUT2D eigenvalue weighted by Crippen LogP contribution is 2.08. The lowest BCUT2D eigenvalue weighted by Gasteiger charge is -1.95. The quantitative estimate of drug-likeness (QED) is 0.266. The van der Waals surface area contributed by atoms with Crippen molar-refractivity contribution in [3.8, 4) is 59.2 Å². The van der Waals surface area contributed by atoms with Gasteiger partial charge in [0, 0.05) is 38.9 Å². The molecule has 4 rings (SSSR count). The Labute approximate surface area is 212 Å². The lowest BCUT2D eigenvalue weighted by Crippen LogP contribution is -1.85. The van der Waals surface area contributed by atoms with E-state index < -0.39 is 0 Å².